The van der Waals surface area contributed by atoms with Crippen LogP contribution in [0.5, 0.6) is 0 Å². The zero-order valence-corrected chi connectivity index (χ0v) is 18.5. The molecule has 1 saturated carbocycles. The van der Waals surface area contributed by atoms with Crippen molar-refractivity contribution in [2.75, 3.05) is 46.4 Å². The first-order valence-electron chi connectivity index (χ1n) is 10.4. The van der Waals surface area contributed by atoms with Crippen LogP contribution in [0.15, 0.2) is 34.2 Å². The zero-order valence-electron chi connectivity index (χ0n) is 17.7. The summed E-state index contributed by atoms with van der Waals surface area (Å²) in [6, 6.07) is 5.78. The molecule has 2 aliphatic rings. The first-order valence-corrected chi connectivity index (χ1v) is 11.8. The predicted molar refractivity (Wildman–Crippen MR) is 114 cm³/mol. The molecular weight excluding hydrogens is 390 g/mol. The fourth-order valence-electron chi connectivity index (χ4n) is 3.66. The van der Waals surface area contributed by atoms with Crippen LogP contribution in [0.2, 0.25) is 0 Å². The van der Waals surface area contributed by atoms with Gasteiger partial charge in [-0.25, -0.2) is 8.42 Å². The number of aliphatic imine (C=N–C) groups is 1. The van der Waals surface area contributed by atoms with E-state index in [1.165, 1.54) is 44.2 Å². The molecule has 0 aromatic heterocycles. The van der Waals surface area contributed by atoms with E-state index in [4.69, 9.17) is 10.5 Å². The van der Waals surface area contributed by atoms with Gasteiger partial charge in [-0.05, 0) is 31.9 Å². The van der Waals surface area contributed by atoms with Crippen molar-refractivity contribution in [1.29, 1.82) is 0 Å². The molecule has 2 fully saturated rings. The highest BCUT2D eigenvalue weighted by Gasteiger charge is 2.24. The maximum Gasteiger partial charge on any atom is 0.124 e. The second-order valence-corrected chi connectivity index (χ2v) is 9.69. The summed E-state index contributed by atoms with van der Waals surface area (Å²) in [7, 11) is -1.97. The summed E-state index contributed by atoms with van der Waals surface area (Å²) in [4.78, 5) is 4.45. The van der Waals surface area contributed by atoms with Crippen molar-refractivity contribution in [3.8, 4) is 0 Å². The lowest BCUT2D eigenvalue weighted by molar-refractivity contribution is -0.915. The number of aryl methyl sites for hydroxylation is 1. The maximum absolute atomic E-state index is 10.4. The highest BCUT2D eigenvalue weighted by Crippen LogP contribution is 2.23. The summed E-state index contributed by atoms with van der Waals surface area (Å²) in [5.41, 5.74) is 7.05. The van der Waals surface area contributed by atoms with Crippen LogP contribution >= 0.6 is 0 Å². The number of ether oxygens (including phenoxy) is 1. The Bertz CT molecular complexity index is 751. The second kappa shape index (κ2) is 11.1. The fourth-order valence-corrected chi connectivity index (χ4v) is 4.13. The van der Waals surface area contributed by atoms with Crippen molar-refractivity contribution in [2.24, 2.45) is 16.6 Å². The third kappa shape index (κ3) is 8.42. The number of nitrogens with zero attached hydrogens (tertiary/aromatic N) is 2. The molecule has 0 unspecified atom stereocenters. The number of rotatable bonds is 5. The summed E-state index contributed by atoms with van der Waals surface area (Å²) < 4.78 is 37.7. The molecule has 0 bridgehead atoms. The molecule has 3 rings (SSSR count). The zero-order chi connectivity index (χ0) is 21.3. The van der Waals surface area contributed by atoms with E-state index < -0.39 is 10.1 Å². The second-order valence-electron chi connectivity index (χ2n) is 8.31. The van der Waals surface area contributed by atoms with Gasteiger partial charge in [0.25, 0.3) is 0 Å². The van der Waals surface area contributed by atoms with Crippen LogP contribution in [-0.4, -0.2) is 69.7 Å². The molecule has 0 amide bonds. The summed E-state index contributed by atoms with van der Waals surface area (Å²) in [6.07, 6.45) is 6.52. The third-order valence-corrected chi connectivity index (χ3v) is 6.67. The SMILES string of the molecule is C[N+]1(CCN=C(N)C2CCCCC2)CCOCC1.Cc1ccc(S(=O)(=O)[O-])cc1. The van der Waals surface area contributed by atoms with Crippen molar-refractivity contribution >= 4 is 16.0 Å². The molecule has 1 saturated heterocycles. The molecule has 164 valence electrons. The molecule has 7 nitrogen and oxygen atoms in total. The first kappa shape index (κ1) is 23.8. The summed E-state index contributed by atoms with van der Waals surface area (Å²) in [6.45, 7) is 7.78. The average molecular weight is 426 g/mol. The predicted octanol–water partition coefficient (Wildman–Crippen LogP) is 2.30. The number of benzene rings is 1. The standard InChI is InChI=1S/C14H28N3O.C7H8O3S/c1-17(9-11-18-12-10-17)8-7-16-14(15)13-5-3-2-4-6-13;1-6-2-4-7(5-3-6)11(8,9)10/h13H,2-12H2,1H3,(H2,15,16);2-5H,1H3,(H,8,9,10)/q+1;/p-1. The van der Waals surface area contributed by atoms with E-state index in [0.717, 1.165) is 55.3 Å². The Morgan fingerprint density at radius 3 is 2.31 bits per heavy atom. The van der Waals surface area contributed by atoms with Gasteiger partial charge in [0.15, 0.2) is 0 Å². The molecule has 1 heterocycles. The van der Waals surface area contributed by atoms with E-state index in [9.17, 15) is 13.0 Å². The Morgan fingerprint density at radius 1 is 1.17 bits per heavy atom. The number of nitrogens with two attached hydrogens (primary N) is 1. The van der Waals surface area contributed by atoms with Crippen LogP contribution in [0.4, 0.5) is 0 Å². The molecule has 1 aliphatic heterocycles. The van der Waals surface area contributed by atoms with Gasteiger partial charge in [-0.3, -0.25) is 4.99 Å². The van der Waals surface area contributed by atoms with Gasteiger partial charge in [0, 0.05) is 5.92 Å². The van der Waals surface area contributed by atoms with Gasteiger partial charge in [0.05, 0.1) is 44.1 Å². The quantitative estimate of drug-likeness (QED) is 0.337. The number of morpholine rings is 1. The summed E-state index contributed by atoms with van der Waals surface area (Å²) >= 11 is 0. The van der Waals surface area contributed by atoms with E-state index >= 15 is 0 Å². The molecule has 29 heavy (non-hydrogen) atoms. The van der Waals surface area contributed by atoms with Gasteiger partial charge in [-0.15, -0.1) is 0 Å². The number of quaternary nitrogens is 1. The molecule has 0 radical (unpaired) electrons. The molecule has 0 spiro atoms. The van der Waals surface area contributed by atoms with Crippen molar-refractivity contribution < 1.29 is 22.2 Å². The van der Waals surface area contributed by atoms with Gasteiger partial charge in [-0.1, -0.05) is 37.0 Å². The lowest BCUT2D eigenvalue weighted by Gasteiger charge is -2.37. The molecule has 2 N–H and O–H groups in total. The molecule has 1 aromatic rings. The Hall–Kier alpha value is -1.48. The third-order valence-electron chi connectivity index (χ3n) is 5.82. The topological polar surface area (TPSA) is 105 Å². The highest BCUT2D eigenvalue weighted by atomic mass is 32.2. The van der Waals surface area contributed by atoms with Crippen LogP contribution in [0.3, 0.4) is 0 Å². The Balaban J connectivity index is 0.000000234. The van der Waals surface area contributed by atoms with Crippen LogP contribution in [0.25, 0.3) is 0 Å². The van der Waals surface area contributed by atoms with Crippen molar-refractivity contribution in [2.45, 2.75) is 43.9 Å². The normalized spacial score (nSPS) is 20.6. The minimum Gasteiger partial charge on any atom is -0.744 e. The minimum atomic E-state index is -4.27. The fraction of sp³-hybridized carbons (Fsp3) is 0.667. The van der Waals surface area contributed by atoms with Gasteiger partial charge < -0.3 is 19.5 Å². The molecule has 1 aliphatic carbocycles. The molecule has 8 heteroatoms. The summed E-state index contributed by atoms with van der Waals surface area (Å²) in [5.74, 6) is 1.48. The average Bonchev–Trinajstić information content (AvgIpc) is 2.69. The van der Waals surface area contributed by atoms with Crippen molar-refractivity contribution in [3.05, 3.63) is 29.8 Å². The molecular formula is C21H35N3O4S. The van der Waals surface area contributed by atoms with Crippen LogP contribution in [-0.2, 0) is 14.9 Å². The van der Waals surface area contributed by atoms with E-state index in [1.807, 2.05) is 6.92 Å². The lowest BCUT2D eigenvalue weighted by atomic mass is 9.88. The van der Waals surface area contributed by atoms with Crippen LogP contribution < -0.4 is 5.73 Å². The van der Waals surface area contributed by atoms with Gasteiger partial charge in [0.2, 0.25) is 0 Å². The minimum absolute atomic E-state index is 0.178. The van der Waals surface area contributed by atoms with Gasteiger partial charge in [0.1, 0.15) is 23.2 Å². The number of likely N-dealkylation sites (N-methyl/N-ethyl adjacent to an activating group) is 1. The van der Waals surface area contributed by atoms with Crippen molar-refractivity contribution in [1.82, 2.24) is 0 Å². The monoisotopic (exact) mass is 425 g/mol. The lowest BCUT2D eigenvalue weighted by Crippen LogP contribution is -2.53. The molecule has 0 atom stereocenters. The number of hydrogen-bond donors (Lipinski definition) is 1. The number of amidine groups is 1. The van der Waals surface area contributed by atoms with E-state index in [1.54, 1.807) is 12.1 Å². The summed E-state index contributed by atoms with van der Waals surface area (Å²) in [5, 5.41) is 0. The molecule has 1 aromatic carbocycles. The van der Waals surface area contributed by atoms with Gasteiger partial charge in [-0.2, -0.15) is 0 Å². The van der Waals surface area contributed by atoms with Crippen molar-refractivity contribution in [3.63, 3.8) is 0 Å². The first-order chi connectivity index (χ1) is 13.7. The number of hydrogen-bond acceptors (Lipinski definition) is 5. The Kier molecular flexibility index (Phi) is 9.07. The largest absolute Gasteiger partial charge is 0.744 e. The smallest absolute Gasteiger partial charge is 0.124 e. The van der Waals surface area contributed by atoms with Crippen LogP contribution in [0.1, 0.15) is 37.7 Å². The highest BCUT2D eigenvalue weighted by molar-refractivity contribution is 7.85. The maximum atomic E-state index is 10.4. The van der Waals surface area contributed by atoms with E-state index in [-0.39, 0.29) is 4.90 Å². The van der Waals surface area contributed by atoms with Crippen LogP contribution in [0, 0.1) is 12.8 Å². The van der Waals surface area contributed by atoms with E-state index in [0.29, 0.717) is 5.92 Å². The van der Waals surface area contributed by atoms with Gasteiger partial charge >= 0.3 is 0 Å². The van der Waals surface area contributed by atoms with E-state index in [2.05, 4.69) is 12.0 Å². The Morgan fingerprint density at radius 2 is 1.76 bits per heavy atom. The Labute approximate surface area is 175 Å².